The van der Waals surface area contributed by atoms with Crippen molar-refractivity contribution in [3.8, 4) is 0 Å². The zero-order chi connectivity index (χ0) is 24.8. The van der Waals surface area contributed by atoms with Gasteiger partial charge in [-0.25, -0.2) is 14.8 Å². The highest BCUT2D eigenvalue weighted by Gasteiger charge is 2.25. The number of nitrogens with one attached hydrogen (secondary N) is 1. The van der Waals surface area contributed by atoms with Crippen LogP contribution in [0.4, 0.5) is 5.00 Å². The van der Waals surface area contributed by atoms with Crippen LogP contribution in [0.1, 0.15) is 56.7 Å². The van der Waals surface area contributed by atoms with E-state index in [-0.39, 0.29) is 39.8 Å². The molecule has 0 saturated heterocycles. The van der Waals surface area contributed by atoms with Gasteiger partial charge in [-0.05, 0) is 46.2 Å². The third kappa shape index (κ3) is 6.64. The standard InChI is InChI=1S/C21H23N5O5S3/c1-6-30-19(29)16-12(4)17(13(5)27)34-18(16)24-14(28)8-33-21-26-25-15(31-21)9-32-20-22-10(2)7-11(3)23-20/h7H,6,8-9H2,1-5H3,(H,24,28). The summed E-state index contributed by atoms with van der Waals surface area (Å²) in [6.45, 7) is 8.74. The third-order valence-corrected chi connectivity index (χ3v) is 7.22. The van der Waals surface area contributed by atoms with E-state index in [0.717, 1.165) is 34.5 Å². The van der Waals surface area contributed by atoms with Crippen LogP contribution in [0.3, 0.4) is 0 Å². The van der Waals surface area contributed by atoms with E-state index in [9.17, 15) is 14.4 Å². The molecular formula is C21H23N5O5S3. The number of Topliss-reactive ketones (excluding diaryl/α,β-unsaturated/α-hetero) is 1. The number of amides is 1. The minimum absolute atomic E-state index is 0.0242. The maximum atomic E-state index is 12.5. The van der Waals surface area contributed by atoms with Crippen LogP contribution in [0.25, 0.3) is 0 Å². The minimum Gasteiger partial charge on any atom is -0.462 e. The molecule has 3 aromatic heterocycles. The number of anilines is 1. The van der Waals surface area contributed by atoms with Crippen molar-refractivity contribution in [1.82, 2.24) is 20.2 Å². The minimum atomic E-state index is -0.585. The van der Waals surface area contributed by atoms with Crippen LogP contribution in [-0.2, 0) is 15.3 Å². The first kappa shape index (κ1) is 25.8. The van der Waals surface area contributed by atoms with E-state index < -0.39 is 5.97 Å². The Morgan fingerprint density at radius 3 is 2.47 bits per heavy atom. The van der Waals surface area contributed by atoms with Crippen molar-refractivity contribution in [2.24, 2.45) is 0 Å². The van der Waals surface area contributed by atoms with E-state index >= 15 is 0 Å². The van der Waals surface area contributed by atoms with Gasteiger partial charge in [0.25, 0.3) is 5.22 Å². The quantitative estimate of drug-likeness (QED) is 0.177. The third-order valence-electron chi connectivity index (χ3n) is 4.26. The van der Waals surface area contributed by atoms with Crippen molar-refractivity contribution in [3.63, 3.8) is 0 Å². The summed E-state index contributed by atoms with van der Waals surface area (Å²) >= 11 is 3.50. The van der Waals surface area contributed by atoms with Gasteiger partial charge in [0.2, 0.25) is 11.8 Å². The number of ketones is 1. The van der Waals surface area contributed by atoms with E-state index in [1.54, 1.807) is 13.8 Å². The highest BCUT2D eigenvalue weighted by molar-refractivity contribution is 7.99. The number of esters is 1. The lowest BCUT2D eigenvalue weighted by Gasteiger charge is -2.06. The lowest BCUT2D eigenvalue weighted by atomic mass is 10.1. The van der Waals surface area contributed by atoms with Crippen LogP contribution in [0.15, 0.2) is 20.9 Å². The first-order valence-electron chi connectivity index (χ1n) is 10.2. The Hall–Kier alpha value is -2.77. The fourth-order valence-electron chi connectivity index (χ4n) is 2.92. The molecule has 3 aromatic rings. The maximum absolute atomic E-state index is 12.5. The predicted molar refractivity (Wildman–Crippen MR) is 130 cm³/mol. The Balaban J connectivity index is 1.59. The number of ether oxygens (including phenoxy) is 1. The van der Waals surface area contributed by atoms with Gasteiger partial charge in [0.15, 0.2) is 10.9 Å². The molecule has 10 nitrogen and oxygen atoms in total. The fraction of sp³-hybridized carbons (Fsp3) is 0.381. The van der Waals surface area contributed by atoms with Gasteiger partial charge in [-0.2, -0.15) is 0 Å². The lowest BCUT2D eigenvalue weighted by Crippen LogP contribution is -2.16. The summed E-state index contributed by atoms with van der Waals surface area (Å²) in [5, 5.41) is 11.8. The molecule has 0 aliphatic rings. The molecule has 1 N–H and O–H groups in total. The normalized spacial score (nSPS) is 10.9. The Morgan fingerprint density at radius 2 is 1.82 bits per heavy atom. The van der Waals surface area contributed by atoms with Crippen LogP contribution in [0.5, 0.6) is 0 Å². The number of nitrogens with zero attached hydrogens (tertiary/aromatic N) is 4. The van der Waals surface area contributed by atoms with Gasteiger partial charge in [-0.15, -0.1) is 21.5 Å². The van der Waals surface area contributed by atoms with Crippen LogP contribution < -0.4 is 5.32 Å². The number of rotatable bonds is 10. The summed E-state index contributed by atoms with van der Waals surface area (Å²) in [7, 11) is 0. The molecule has 0 atom stereocenters. The Morgan fingerprint density at radius 1 is 1.12 bits per heavy atom. The maximum Gasteiger partial charge on any atom is 0.341 e. The van der Waals surface area contributed by atoms with E-state index in [1.165, 1.54) is 18.7 Å². The van der Waals surface area contributed by atoms with Gasteiger partial charge in [0.05, 0.1) is 28.6 Å². The van der Waals surface area contributed by atoms with E-state index in [1.807, 2.05) is 19.9 Å². The monoisotopic (exact) mass is 521 g/mol. The fourth-order valence-corrected chi connectivity index (χ4v) is 5.39. The van der Waals surface area contributed by atoms with E-state index in [0.29, 0.717) is 27.2 Å². The topological polar surface area (TPSA) is 137 Å². The number of aromatic nitrogens is 4. The molecule has 0 spiro atoms. The van der Waals surface area contributed by atoms with Crippen LogP contribution in [-0.4, -0.2) is 50.2 Å². The molecule has 0 aromatic carbocycles. The molecular weight excluding hydrogens is 498 g/mol. The average Bonchev–Trinajstić information content (AvgIpc) is 3.34. The molecule has 0 radical (unpaired) electrons. The number of carbonyl (C=O) groups excluding carboxylic acids is 3. The molecule has 180 valence electrons. The van der Waals surface area contributed by atoms with Gasteiger partial charge in [-0.1, -0.05) is 23.5 Å². The number of hydrogen-bond donors (Lipinski definition) is 1. The van der Waals surface area contributed by atoms with Gasteiger partial charge in [0.1, 0.15) is 5.00 Å². The molecule has 3 rings (SSSR count). The number of aryl methyl sites for hydroxylation is 2. The summed E-state index contributed by atoms with van der Waals surface area (Å²) in [4.78, 5) is 45.9. The molecule has 0 aliphatic heterocycles. The van der Waals surface area contributed by atoms with Crippen molar-refractivity contribution in [3.05, 3.63) is 39.3 Å². The average molecular weight is 522 g/mol. The molecule has 0 fully saturated rings. The van der Waals surface area contributed by atoms with Crippen LogP contribution in [0.2, 0.25) is 0 Å². The van der Waals surface area contributed by atoms with Crippen molar-refractivity contribution in [1.29, 1.82) is 0 Å². The molecule has 3 heterocycles. The highest BCUT2D eigenvalue weighted by atomic mass is 32.2. The Bertz CT molecular complexity index is 1200. The van der Waals surface area contributed by atoms with Crippen LogP contribution >= 0.6 is 34.9 Å². The zero-order valence-electron chi connectivity index (χ0n) is 19.3. The molecule has 1 amide bonds. The Labute approximate surface area is 208 Å². The summed E-state index contributed by atoms with van der Waals surface area (Å²) in [6.07, 6.45) is 0. The largest absolute Gasteiger partial charge is 0.462 e. The molecule has 0 saturated carbocycles. The van der Waals surface area contributed by atoms with Crippen LogP contribution in [0, 0.1) is 20.8 Å². The lowest BCUT2D eigenvalue weighted by molar-refractivity contribution is -0.113. The van der Waals surface area contributed by atoms with Gasteiger partial charge in [-0.3, -0.25) is 9.59 Å². The Kier molecular flexibility index (Phi) is 8.80. The van der Waals surface area contributed by atoms with Crippen molar-refractivity contribution in [2.45, 2.75) is 50.8 Å². The predicted octanol–water partition coefficient (Wildman–Crippen LogP) is 4.25. The molecule has 0 bridgehead atoms. The summed E-state index contributed by atoms with van der Waals surface area (Å²) in [5.41, 5.74) is 2.45. The van der Waals surface area contributed by atoms with E-state index in [2.05, 4.69) is 25.5 Å². The number of thiophene rings is 1. The van der Waals surface area contributed by atoms with Gasteiger partial charge in [0, 0.05) is 11.4 Å². The summed E-state index contributed by atoms with van der Waals surface area (Å²) in [6, 6.07) is 1.89. The first-order chi connectivity index (χ1) is 16.2. The number of hydrogen-bond acceptors (Lipinski definition) is 12. The van der Waals surface area contributed by atoms with Crippen molar-refractivity contribution >= 4 is 57.5 Å². The highest BCUT2D eigenvalue weighted by Crippen LogP contribution is 2.34. The second-order valence-electron chi connectivity index (χ2n) is 7.06. The molecule has 13 heteroatoms. The number of thioether (sulfide) groups is 2. The second kappa shape index (κ2) is 11.6. The molecule has 0 unspecified atom stereocenters. The summed E-state index contributed by atoms with van der Waals surface area (Å²) in [5.74, 6) is -0.397. The SMILES string of the molecule is CCOC(=O)c1c(NC(=O)CSc2nnc(CSc3nc(C)cc(C)n3)o2)sc(C(C)=O)c1C. The van der Waals surface area contributed by atoms with E-state index in [4.69, 9.17) is 9.15 Å². The van der Waals surface area contributed by atoms with Gasteiger partial charge >= 0.3 is 5.97 Å². The smallest absolute Gasteiger partial charge is 0.341 e. The van der Waals surface area contributed by atoms with Gasteiger partial charge < -0.3 is 14.5 Å². The summed E-state index contributed by atoms with van der Waals surface area (Å²) < 4.78 is 10.7. The van der Waals surface area contributed by atoms with Crippen molar-refractivity contribution < 1.29 is 23.5 Å². The zero-order valence-corrected chi connectivity index (χ0v) is 21.7. The first-order valence-corrected chi connectivity index (χ1v) is 13.0. The van der Waals surface area contributed by atoms with Crippen molar-refractivity contribution in [2.75, 3.05) is 17.7 Å². The second-order valence-corrected chi connectivity index (χ2v) is 9.95. The number of carbonyl (C=O) groups is 3. The molecule has 0 aliphatic carbocycles. The molecule has 34 heavy (non-hydrogen) atoms.